The third kappa shape index (κ3) is 3.55. The number of rotatable bonds is 4. The number of benzene rings is 1. The molecule has 0 radical (unpaired) electrons. The fourth-order valence-electron chi connectivity index (χ4n) is 3.15. The van der Waals surface area contributed by atoms with E-state index in [0.717, 1.165) is 41.8 Å². The van der Waals surface area contributed by atoms with E-state index >= 15 is 0 Å². The van der Waals surface area contributed by atoms with Crippen LogP contribution in [-0.2, 0) is 6.54 Å². The molecule has 0 unspecified atom stereocenters. The molecule has 0 amide bonds. The fraction of sp³-hybridized carbons (Fsp3) is 0.316. The second-order valence-corrected chi connectivity index (χ2v) is 7.66. The van der Waals surface area contributed by atoms with E-state index in [0.29, 0.717) is 0 Å². The molecule has 0 saturated carbocycles. The Hall–Kier alpha value is -2.31. The third-order valence-electron chi connectivity index (χ3n) is 4.54. The van der Waals surface area contributed by atoms with Gasteiger partial charge in [0.05, 0.1) is 18.4 Å². The highest BCUT2D eigenvalue weighted by Gasteiger charge is 2.16. The van der Waals surface area contributed by atoms with Crippen molar-refractivity contribution in [2.45, 2.75) is 26.8 Å². The first kappa shape index (κ1) is 16.2. The lowest BCUT2D eigenvalue weighted by molar-refractivity contribution is 0.292. The summed E-state index contributed by atoms with van der Waals surface area (Å²) in [5.41, 5.74) is 4.96. The van der Waals surface area contributed by atoms with Crippen molar-refractivity contribution in [2.75, 3.05) is 13.1 Å². The topological polar surface area (TPSA) is 46.8 Å². The van der Waals surface area contributed by atoms with E-state index in [1.165, 1.54) is 16.7 Å². The molecule has 1 aliphatic rings. The minimum atomic E-state index is 0.887. The van der Waals surface area contributed by atoms with Crippen molar-refractivity contribution in [3.8, 4) is 5.69 Å². The van der Waals surface area contributed by atoms with E-state index in [-0.39, 0.29) is 0 Å². The highest BCUT2D eigenvalue weighted by molar-refractivity contribution is 7.11. The number of aromatic nitrogens is 4. The summed E-state index contributed by atoms with van der Waals surface area (Å²) in [6, 6.07) is 8.33. The van der Waals surface area contributed by atoms with Crippen LogP contribution in [0, 0.1) is 13.8 Å². The number of nitrogens with zero attached hydrogens (tertiary/aromatic N) is 5. The lowest BCUT2D eigenvalue weighted by Gasteiger charge is -2.24. The zero-order valence-corrected chi connectivity index (χ0v) is 15.3. The molecular formula is C19H21N5S. The summed E-state index contributed by atoms with van der Waals surface area (Å²) in [4.78, 5) is 2.41. The molecule has 0 bridgehead atoms. The molecule has 3 heterocycles. The van der Waals surface area contributed by atoms with Gasteiger partial charge in [-0.15, -0.1) is 21.5 Å². The van der Waals surface area contributed by atoms with E-state index in [1.54, 1.807) is 11.3 Å². The molecule has 0 saturated heterocycles. The van der Waals surface area contributed by atoms with Crippen molar-refractivity contribution < 1.29 is 0 Å². The predicted molar refractivity (Wildman–Crippen MR) is 101 cm³/mol. The zero-order valence-electron chi connectivity index (χ0n) is 14.5. The van der Waals surface area contributed by atoms with Gasteiger partial charge in [0.1, 0.15) is 10.0 Å². The lowest BCUT2D eigenvalue weighted by Crippen LogP contribution is -2.27. The summed E-state index contributed by atoms with van der Waals surface area (Å²) in [6.45, 7) is 6.99. The van der Waals surface area contributed by atoms with E-state index < -0.39 is 0 Å². The first-order valence-electron chi connectivity index (χ1n) is 8.50. The number of para-hydroxylation sites is 1. The Bertz CT molecular complexity index is 908. The van der Waals surface area contributed by atoms with Gasteiger partial charge in [-0.2, -0.15) is 5.10 Å². The Balaban J connectivity index is 1.46. The zero-order chi connectivity index (χ0) is 17.2. The highest BCUT2D eigenvalue weighted by Crippen LogP contribution is 2.24. The van der Waals surface area contributed by atoms with Crippen LogP contribution in [0.15, 0.2) is 42.7 Å². The van der Waals surface area contributed by atoms with Gasteiger partial charge >= 0.3 is 0 Å². The molecule has 6 heteroatoms. The maximum atomic E-state index is 4.56. The van der Waals surface area contributed by atoms with Gasteiger partial charge in [-0.25, -0.2) is 4.68 Å². The SMILES string of the molecule is Cc1nnc(CN2CC=C(c3cnn(-c4ccccc4C)c3)CC2)s1. The molecule has 3 aromatic rings. The first-order chi connectivity index (χ1) is 12.2. The molecular weight excluding hydrogens is 330 g/mol. The van der Waals surface area contributed by atoms with Gasteiger partial charge in [0, 0.05) is 24.8 Å². The average Bonchev–Trinajstić information content (AvgIpc) is 3.25. The van der Waals surface area contributed by atoms with Gasteiger partial charge in [-0.1, -0.05) is 24.3 Å². The Kier molecular flexibility index (Phi) is 4.46. The molecule has 25 heavy (non-hydrogen) atoms. The third-order valence-corrected chi connectivity index (χ3v) is 5.36. The standard InChI is InChI=1S/C19H21N5S/c1-14-5-3-4-6-18(14)24-12-17(11-20-24)16-7-9-23(10-8-16)13-19-22-21-15(2)25-19/h3-7,11-12H,8-10,13H2,1-2H3. The predicted octanol–water partition coefficient (Wildman–Crippen LogP) is 3.63. The molecule has 5 nitrogen and oxygen atoms in total. The first-order valence-corrected chi connectivity index (χ1v) is 9.32. The van der Waals surface area contributed by atoms with Crippen molar-refractivity contribution >= 4 is 16.9 Å². The molecule has 2 aromatic heterocycles. The van der Waals surface area contributed by atoms with Crippen LogP contribution in [0.5, 0.6) is 0 Å². The monoisotopic (exact) mass is 351 g/mol. The average molecular weight is 351 g/mol. The van der Waals surface area contributed by atoms with Crippen molar-refractivity contribution in [1.82, 2.24) is 24.9 Å². The van der Waals surface area contributed by atoms with Crippen LogP contribution in [0.3, 0.4) is 0 Å². The molecule has 0 aliphatic carbocycles. The van der Waals surface area contributed by atoms with E-state index in [4.69, 9.17) is 0 Å². The largest absolute Gasteiger partial charge is 0.293 e. The normalized spacial score (nSPS) is 15.4. The van der Waals surface area contributed by atoms with Crippen molar-refractivity contribution in [1.29, 1.82) is 0 Å². The summed E-state index contributed by atoms with van der Waals surface area (Å²) >= 11 is 1.68. The Morgan fingerprint density at radius 2 is 2.04 bits per heavy atom. The molecule has 4 rings (SSSR count). The van der Waals surface area contributed by atoms with Gasteiger partial charge < -0.3 is 0 Å². The number of hydrogen-bond acceptors (Lipinski definition) is 5. The lowest BCUT2D eigenvalue weighted by atomic mass is 10.0. The fourth-order valence-corrected chi connectivity index (χ4v) is 3.90. The van der Waals surface area contributed by atoms with Gasteiger partial charge in [0.2, 0.25) is 0 Å². The molecule has 0 N–H and O–H groups in total. The summed E-state index contributed by atoms with van der Waals surface area (Å²) in [5.74, 6) is 0. The molecule has 128 valence electrons. The summed E-state index contributed by atoms with van der Waals surface area (Å²) in [7, 11) is 0. The summed E-state index contributed by atoms with van der Waals surface area (Å²) in [5, 5.41) is 15.0. The van der Waals surface area contributed by atoms with Crippen LogP contribution in [0.2, 0.25) is 0 Å². The second-order valence-electron chi connectivity index (χ2n) is 6.39. The maximum Gasteiger partial charge on any atom is 0.131 e. The molecule has 1 aromatic carbocycles. The number of aryl methyl sites for hydroxylation is 2. The highest BCUT2D eigenvalue weighted by atomic mass is 32.1. The molecule has 0 fully saturated rings. The second kappa shape index (κ2) is 6.90. The van der Waals surface area contributed by atoms with Crippen LogP contribution in [0.1, 0.15) is 27.6 Å². The summed E-state index contributed by atoms with van der Waals surface area (Å²) < 4.78 is 1.97. The Morgan fingerprint density at radius 1 is 1.16 bits per heavy atom. The minimum Gasteiger partial charge on any atom is -0.293 e. The van der Waals surface area contributed by atoms with Crippen molar-refractivity contribution in [3.63, 3.8) is 0 Å². The van der Waals surface area contributed by atoms with E-state index in [9.17, 15) is 0 Å². The minimum absolute atomic E-state index is 0.887. The van der Waals surface area contributed by atoms with Gasteiger partial charge in [0.15, 0.2) is 0 Å². The van der Waals surface area contributed by atoms with Crippen molar-refractivity contribution in [2.24, 2.45) is 0 Å². The van der Waals surface area contributed by atoms with Crippen LogP contribution >= 0.6 is 11.3 Å². The molecule has 1 aliphatic heterocycles. The Labute approximate surface area is 151 Å². The van der Waals surface area contributed by atoms with Crippen molar-refractivity contribution in [3.05, 3.63) is 63.9 Å². The summed E-state index contributed by atoms with van der Waals surface area (Å²) in [6.07, 6.45) is 7.47. The number of hydrogen-bond donors (Lipinski definition) is 0. The van der Waals surface area contributed by atoms with Gasteiger partial charge in [0.25, 0.3) is 0 Å². The van der Waals surface area contributed by atoms with E-state index in [1.807, 2.05) is 17.8 Å². The van der Waals surface area contributed by atoms with Crippen LogP contribution in [-0.4, -0.2) is 38.0 Å². The van der Waals surface area contributed by atoms with Gasteiger partial charge in [-0.3, -0.25) is 4.90 Å². The van der Waals surface area contributed by atoms with E-state index in [2.05, 4.69) is 63.7 Å². The molecule has 0 atom stereocenters. The van der Waals surface area contributed by atoms with Crippen LogP contribution < -0.4 is 0 Å². The van der Waals surface area contributed by atoms with Crippen LogP contribution in [0.25, 0.3) is 11.3 Å². The Morgan fingerprint density at radius 3 is 2.76 bits per heavy atom. The molecule has 0 spiro atoms. The quantitative estimate of drug-likeness (QED) is 0.720. The van der Waals surface area contributed by atoms with Gasteiger partial charge in [-0.05, 0) is 37.5 Å². The van der Waals surface area contributed by atoms with Crippen LogP contribution in [0.4, 0.5) is 0 Å². The maximum absolute atomic E-state index is 4.56. The smallest absolute Gasteiger partial charge is 0.131 e.